The number of nitriles is 1. The number of fused-ring (bicyclic) bond motifs is 7. The zero-order valence-corrected chi connectivity index (χ0v) is 27.3. The van der Waals surface area contributed by atoms with Gasteiger partial charge in [-0.15, -0.1) is 0 Å². The number of carbonyl (C=O) groups excluding carboxylic acids is 4. The Labute approximate surface area is 259 Å². The summed E-state index contributed by atoms with van der Waals surface area (Å²) < 4.78 is 33.9. The third kappa shape index (κ3) is 4.44. The highest BCUT2D eigenvalue weighted by Gasteiger charge is 2.70. The van der Waals surface area contributed by atoms with Gasteiger partial charge in [0.2, 0.25) is 0 Å². The lowest BCUT2D eigenvalue weighted by molar-refractivity contribution is -0.171. The predicted octanol–water partition coefficient (Wildman–Crippen LogP) is 6.27. The van der Waals surface area contributed by atoms with Crippen LogP contribution in [0.1, 0.15) is 100 Å². The number of allylic oxidation sites excluding steroid dienone is 4. The maximum atomic E-state index is 14.6. The first-order chi connectivity index (χ1) is 20.1. The molecule has 0 aliphatic heterocycles. The summed E-state index contributed by atoms with van der Waals surface area (Å²) in [4.78, 5) is 52.8. The average Bonchev–Trinajstić information content (AvgIpc) is 2.91. The van der Waals surface area contributed by atoms with Gasteiger partial charge in [0, 0.05) is 30.7 Å². The molecule has 9 heteroatoms. The molecule has 0 aromatic heterocycles. The zero-order chi connectivity index (χ0) is 32.9. The first-order valence-corrected chi connectivity index (χ1v) is 15.9. The molecule has 2 unspecified atom stereocenters. The fourth-order valence-electron chi connectivity index (χ4n) is 10.4. The Balaban J connectivity index is 1.65. The number of rotatable bonds is 4. The summed E-state index contributed by atoms with van der Waals surface area (Å²) in [5.74, 6) is -6.90. The summed E-state index contributed by atoms with van der Waals surface area (Å²) in [6.07, 6.45) is 7.69. The van der Waals surface area contributed by atoms with Gasteiger partial charge < -0.3 is 10.1 Å². The van der Waals surface area contributed by atoms with E-state index in [1.54, 1.807) is 19.1 Å². The Morgan fingerprint density at radius 1 is 1.07 bits per heavy atom. The molecule has 0 bridgehead atoms. The Hall–Kier alpha value is -2.89. The lowest BCUT2D eigenvalue weighted by Crippen LogP contribution is -2.70. The highest BCUT2D eigenvalue weighted by molar-refractivity contribution is 6.05. The SMILES string of the molecule is CC(=O)OC[C@]1(C)C(=O)C(C#N)=C[C@]2(C)C3=CC(=O)C4C5CC(C)(C)CC[C@]5(NC(=O)C(C)(F)F)CC[C@@]4(C)[C@]3(C)CC[C@H]21. The van der Waals surface area contributed by atoms with E-state index >= 15 is 0 Å². The number of nitrogens with one attached hydrogen (secondary N) is 1. The van der Waals surface area contributed by atoms with Gasteiger partial charge in [0.15, 0.2) is 11.6 Å². The fourth-order valence-corrected chi connectivity index (χ4v) is 10.4. The molecule has 0 aromatic carbocycles. The molecule has 0 saturated heterocycles. The Morgan fingerprint density at radius 3 is 2.30 bits per heavy atom. The number of ether oxygens (including phenoxy) is 1. The van der Waals surface area contributed by atoms with Crippen LogP contribution < -0.4 is 5.32 Å². The van der Waals surface area contributed by atoms with E-state index in [-0.39, 0.29) is 41.0 Å². The lowest BCUT2D eigenvalue weighted by Gasteiger charge is -2.69. The minimum atomic E-state index is -3.53. The summed E-state index contributed by atoms with van der Waals surface area (Å²) in [5.41, 5.74) is -3.19. The highest BCUT2D eigenvalue weighted by atomic mass is 19.3. The van der Waals surface area contributed by atoms with Crippen LogP contribution in [0.4, 0.5) is 8.78 Å². The molecule has 0 spiro atoms. The number of nitrogens with zero attached hydrogens (tertiary/aromatic N) is 1. The molecule has 3 saturated carbocycles. The van der Waals surface area contributed by atoms with E-state index in [1.807, 2.05) is 6.92 Å². The van der Waals surface area contributed by atoms with Gasteiger partial charge >= 0.3 is 11.9 Å². The van der Waals surface area contributed by atoms with Crippen LogP contribution in [0.25, 0.3) is 0 Å². The van der Waals surface area contributed by atoms with Crippen molar-refractivity contribution in [3.8, 4) is 6.07 Å². The van der Waals surface area contributed by atoms with Crippen molar-refractivity contribution in [2.75, 3.05) is 6.61 Å². The second kappa shape index (κ2) is 9.80. The molecular formula is C35H46F2N2O5. The average molecular weight is 613 g/mol. The van der Waals surface area contributed by atoms with Crippen LogP contribution in [-0.2, 0) is 23.9 Å². The molecule has 7 nitrogen and oxygen atoms in total. The highest BCUT2D eigenvalue weighted by Crippen LogP contribution is 2.73. The van der Waals surface area contributed by atoms with E-state index in [0.29, 0.717) is 45.4 Å². The molecular weight excluding hydrogens is 566 g/mol. The predicted molar refractivity (Wildman–Crippen MR) is 159 cm³/mol. The van der Waals surface area contributed by atoms with Crippen molar-refractivity contribution in [1.82, 2.24) is 5.32 Å². The van der Waals surface area contributed by atoms with Crippen molar-refractivity contribution in [1.29, 1.82) is 5.26 Å². The molecule has 1 N–H and O–H groups in total. The molecule has 3 fully saturated rings. The summed E-state index contributed by atoms with van der Waals surface area (Å²) in [5, 5.41) is 12.8. The van der Waals surface area contributed by atoms with E-state index in [2.05, 4.69) is 39.1 Å². The topological polar surface area (TPSA) is 113 Å². The molecule has 240 valence electrons. The second-order valence-corrected chi connectivity index (χ2v) is 16.2. The quantitative estimate of drug-likeness (QED) is 0.374. The number of Topliss-reactive ketones (excluding diaryl/α,β-unsaturated/α-hetero) is 1. The second-order valence-electron chi connectivity index (χ2n) is 16.2. The number of hydrogen-bond acceptors (Lipinski definition) is 6. The number of alkyl halides is 2. The Morgan fingerprint density at radius 2 is 1.70 bits per heavy atom. The van der Waals surface area contributed by atoms with Crippen molar-refractivity contribution in [3.05, 3.63) is 23.3 Å². The van der Waals surface area contributed by atoms with Crippen LogP contribution >= 0.6 is 0 Å². The largest absolute Gasteiger partial charge is 0.465 e. The van der Waals surface area contributed by atoms with Gasteiger partial charge in [0.05, 0.1) is 11.0 Å². The summed E-state index contributed by atoms with van der Waals surface area (Å²) in [6, 6.07) is 2.08. The first kappa shape index (κ1) is 32.5. The number of carbonyl (C=O) groups is 4. The van der Waals surface area contributed by atoms with Crippen LogP contribution in [0, 0.1) is 56.2 Å². The Bertz CT molecular complexity index is 1440. The third-order valence-corrected chi connectivity index (χ3v) is 13.0. The smallest absolute Gasteiger partial charge is 0.321 e. The number of esters is 1. The van der Waals surface area contributed by atoms with E-state index in [9.17, 15) is 33.2 Å². The van der Waals surface area contributed by atoms with Crippen molar-refractivity contribution in [3.63, 3.8) is 0 Å². The van der Waals surface area contributed by atoms with Gasteiger partial charge in [-0.25, -0.2) is 0 Å². The molecule has 5 rings (SSSR count). The maximum absolute atomic E-state index is 14.6. The van der Waals surface area contributed by atoms with Gasteiger partial charge in [-0.2, -0.15) is 14.0 Å². The van der Waals surface area contributed by atoms with Crippen LogP contribution in [0.15, 0.2) is 23.3 Å². The van der Waals surface area contributed by atoms with Crippen molar-refractivity contribution >= 4 is 23.4 Å². The maximum Gasteiger partial charge on any atom is 0.321 e. The molecule has 1 amide bonds. The minimum Gasteiger partial charge on any atom is -0.465 e. The molecule has 8 atom stereocenters. The van der Waals surface area contributed by atoms with E-state index < -0.39 is 50.9 Å². The van der Waals surface area contributed by atoms with Crippen LogP contribution in [0.3, 0.4) is 0 Å². The van der Waals surface area contributed by atoms with E-state index in [0.717, 1.165) is 12.0 Å². The van der Waals surface area contributed by atoms with Gasteiger partial charge in [-0.3, -0.25) is 19.2 Å². The Kier molecular flexibility index (Phi) is 7.24. The van der Waals surface area contributed by atoms with E-state index in [1.165, 1.54) is 6.92 Å². The molecule has 5 aliphatic rings. The number of ketones is 2. The summed E-state index contributed by atoms with van der Waals surface area (Å²) in [6.45, 7) is 14.1. The number of hydrogen-bond donors (Lipinski definition) is 1. The van der Waals surface area contributed by atoms with Crippen molar-refractivity contribution < 1.29 is 32.7 Å². The van der Waals surface area contributed by atoms with Crippen molar-refractivity contribution in [2.45, 2.75) is 112 Å². The van der Waals surface area contributed by atoms with E-state index in [4.69, 9.17) is 4.74 Å². The molecule has 0 radical (unpaired) electrons. The number of amides is 1. The molecule has 44 heavy (non-hydrogen) atoms. The first-order valence-electron chi connectivity index (χ1n) is 15.9. The summed E-state index contributed by atoms with van der Waals surface area (Å²) >= 11 is 0. The van der Waals surface area contributed by atoms with Crippen molar-refractivity contribution in [2.24, 2.45) is 44.8 Å². The van der Waals surface area contributed by atoms with Crippen LogP contribution in [-0.4, -0.2) is 41.5 Å². The monoisotopic (exact) mass is 612 g/mol. The zero-order valence-electron chi connectivity index (χ0n) is 27.3. The molecule has 5 aliphatic carbocycles. The lowest BCUT2D eigenvalue weighted by atomic mass is 9.35. The summed E-state index contributed by atoms with van der Waals surface area (Å²) in [7, 11) is 0. The molecule has 0 heterocycles. The van der Waals surface area contributed by atoms with Crippen LogP contribution in [0.5, 0.6) is 0 Å². The number of halogens is 2. The van der Waals surface area contributed by atoms with Gasteiger partial charge in [-0.05, 0) is 86.0 Å². The fraction of sp³-hybridized carbons (Fsp3) is 0.743. The van der Waals surface area contributed by atoms with Gasteiger partial charge in [-0.1, -0.05) is 46.3 Å². The molecule has 0 aromatic rings. The van der Waals surface area contributed by atoms with Gasteiger partial charge in [0.1, 0.15) is 12.7 Å². The standard InChI is InChI=1S/C35H46F2N2O5/c1-20(40)44-19-31(5)24-9-10-32(6)25(30(24,4)16-21(18-38)27(31)42)15-23(41)26-22-17-29(2,3)11-13-35(22,14-12-33(26,32)7)39-28(43)34(8,36)37/h15-16,22,24,26H,9-14,17,19H2,1-8H3,(H,39,43)/t22?,24-,26?,30+,31+,32-,33-,35+/m1/s1. The van der Waals surface area contributed by atoms with Gasteiger partial charge in [0.25, 0.3) is 5.91 Å². The van der Waals surface area contributed by atoms with Crippen LogP contribution in [0.2, 0.25) is 0 Å². The minimum absolute atomic E-state index is 0.00294. The normalized spacial score (nSPS) is 42.7. The third-order valence-electron chi connectivity index (χ3n) is 13.0.